The van der Waals surface area contributed by atoms with Crippen LogP contribution in [0.25, 0.3) is 0 Å². The number of hydrogen-bond acceptors (Lipinski definition) is 0. The van der Waals surface area contributed by atoms with Gasteiger partial charge in [-0.3, -0.25) is 0 Å². The van der Waals surface area contributed by atoms with E-state index < -0.39 is 0 Å². The maximum atomic E-state index is 3.69. The topological polar surface area (TPSA) is 19.7 Å². The second-order valence-corrected chi connectivity index (χ2v) is 11.2. The smallest absolute Gasteiger partial charge is 0.247 e. The Balaban J connectivity index is 2.44. The molecule has 1 aromatic rings. The van der Waals surface area contributed by atoms with E-state index in [-0.39, 0.29) is 0 Å². The van der Waals surface area contributed by atoms with Gasteiger partial charge >= 0.3 is 0 Å². The number of nitrogens with zero attached hydrogens (tertiary/aromatic N) is 1. The Bertz CT molecular complexity index is 535. The van der Waals surface area contributed by atoms with Gasteiger partial charge in [0.15, 0.2) is 0 Å². The number of aromatic amines is 1. The van der Waals surface area contributed by atoms with Gasteiger partial charge < -0.3 is 0 Å². The molecule has 1 aromatic heterocycles. The number of nitrogens with one attached hydrogen (secondary N) is 1. The van der Waals surface area contributed by atoms with Gasteiger partial charge in [-0.2, -0.15) is 0 Å². The van der Waals surface area contributed by atoms with Crippen molar-refractivity contribution in [3.05, 3.63) is 18.2 Å². The van der Waals surface area contributed by atoms with Gasteiger partial charge in [0, 0.05) is 0 Å². The lowest BCUT2D eigenvalue weighted by molar-refractivity contribution is -0.727. The molecule has 0 saturated carbocycles. The zero-order valence-corrected chi connectivity index (χ0v) is 24.0. The maximum absolute atomic E-state index is 3.69. The first-order valence-corrected chi connectivity index (χ1v) is 15.8. The molecule has 2 heteroatoms. The van der Waals surface area contributed by atoms with E-state index in [1.807, 2.05) is 0 Å². The molecule has 0 bridgehead atoms. The molecule has 2 nitrogen and oxygen atoms in total. The number of rotatable bonds is 25. The fraction of sp³-hybridized carbons (Fsp3) is 0.906. The van der Waals surface area contributed by atoms with Crippen LogP contribution in [0.3, 0.4) is 0 Å². The van der Waals surface area contributed by atoms with Gasteiger partial charge in [0.1, 0.15) is 12.4 Å². The standard InChI is InChI=1S/C32H62N2/c1-5-8-11-14-16-17-19-20-22-25-30(4)34-29-28-33-32(34)31(26-23-13-10-7-3)27-24-21-18-15-12-9-6-2/h28-31H,5-27H2,1-4H3/p+1. The van der Waals surface area contributed by atoms with Gasteiger partial charge in [-0.15, -0.1) is 0 Å². The summed E-state index contributed by atoms with van der Waals surface area (Å²) in [5, 5.41) is 0. The summed E-state index contributed by atoms with van der Waals surface area (Å²) < 4.78 is 2.61. The quantitative estimate of drug-likeness (QED) is 0.107. The van der Waals surface area contributed by atoms with Gasteiger partial charge in [0.25, 0.3) is 5.82 Å². The van der Waals surface area contributed by atoms with Crippen LogP contribution in [0.2, 0.25) is 0 Å². The van der Waals surface area contributed by atoms with E-state index in [1.54, 1.807) is 0 Å². The van der Waals surface area contributed by atoms with E-state index >= 15 is 0 Å². The summed E-state index contributed by atoms with van der Waals surface area (Å²) in [6.45, 7) is 9.39. The van der Waals surface area contributed by atoms with Crippen molar-refractivity contribution < 1.29 is 4.57 Å². The summed E-state index contributed by atoms with van der Waals surface area (Å²) >= 11 is 0. The highest BCUT2D eigenvalue weighted by atomic mass is 15.1. The van der Waals surface area contributed by atoms with E-state index in [4.69, 9.17) is 0 Å². The highest BCUT2D eigenvalue weighted by Crippen LogP contribution is 2.27. The van der Waals surface area contributed by atoms with Gasteiger partial charge in [-0.1, -0.05) is 143 Å². The highest BCUT2D eigenvalue weighted by Gasteiger charge is 2.25. The molecule has 0 radical (unpaired) electrons. The fourth-order valence-corrected chi connectivity index (χ4v) is 5.54. The molecule has 200 valence electrons. The second kappa shape index (κ2) is 22.7. The Morgan fingerprint density at radius 1 is 0.559 bits per heavy atom. The van der Waals surface area contributed by atoms with Gasteiger partial charge in [-0.05, 0) is 32.6 Å². The molecule has 1 N–H and O–H groups in total. The van der Waals surface area contributed by atoms with Crippen LogP contribution in [0, 0.1) is 0 Å². The molecular weight excluding hydrogens is 412 g/mol. The fourth-order valence-electron chi connectivity index (χ4n) is 5.54. The summed E-state index contributed by atoms with van der Waals surface area (Å²) in [6, 6.07) is 0.623. The molecule has 0 aliphatic carbocycles. The Hall–Kier alpha value is -0.790. The molecule has 0 spiro atoms. The van der Waals surface area contributed by atoms with E-state index in [0.717, 1.165) is 0 Å². The van der Waals surface area contributed by atoms with Crippen LogP contribution >= 0.6 is 0 Å². The highest BCUT2D eigenvalue weighted by molar-refractivity contribution is 4.90. The number of unbranched alkanes of at least 4 members (excludes halogenated alkanes) is 17. The van der Waals surface area contributed by atoms with Crippen LogP contribution in [-0.4, -0.2) is 4.98 Å². The van der Waals surface area contributed by atoms with Crippen LogP contribution in [-0.2, 0) is 0 Å². The molecule has 0 amide bonds. The zero-order valence-electron chi connectivity index (χ0n) is 24.0. The van der Waals surface area contributed by atoms with Crippen molar-refractivity contribution >= 4 is 0 Å². The van der Waals surface area contributed by atoms with Crippen LogP contribution in [0.5, 0.6) is 0 Å². The third-order valence-corrected chi connectivity index (χ3v) is 7.89. The number of imidazole rings is 1. The van der Waals surface area contributed by atoms with Crippen molar-refractivity contribution in [3.63, 3.8) is 0 Å². The number of H-pyrrole nitrogens is 1. The Labute approximate surface area is 215 Å². The van der Waals surface area contributed by atoms with E-state index in [2.05, 4.69) is 49.6 Å². The lowest BCUT2D eigenvalue weighted by atomic mass is 9.93. The zero-order chi connectivity index (χ0) is 24.7. The Morgan fingerprint density at radius 2 is 0.941 bits per heavy atom. The van der Waals surface area contributed by atoms with Crippen molar-refractivity contribution in [2.24, 2.45) is 0 Å². The number of hydrogen-bond donors (Lipinski definition) is 1. The summed E-state index contributed by atoms with van der Waals surface area (Å²) in [5.41, 5.74) is 0. The van der Waals surface area contributed by atoms with Gasteiger partial charge in [0.2, 0.25) is 0 Å². The van der Waals surface area contributed by atoms with Crippen molar-refractivity contribution in [1.82, 2.24) is 4.98 Å². The first-order valence-electron chi connectivity index (χ1n) is 15.8. The Kier molecular flexibility index (Phi) is 20.8. The first-order chi connectivity index (χ1) is 16.7. The lowest BCUT2D eigenvalue weighted by Crippen LogP contribution is -2.41. The van der Waals surface area contributed by atoms with Crippen molar-refractivity contribution in [2.75, 3.05) is 0 Å². The molecule has 0 aliphatic heterocycles. The molecule has 1 heterocycles. The minimum Gasteiger partial charge on any atom is -0.247 e. The predicted octanol–water partition coefficient (Wildman–Crippen LogP) is 11.0. The SMILES string of the molecule is CCCCCCCCCCCC(C)[n+]1cc[nH]c1C(CCCCCC)CCCCCCCCC. The van der Waals surface area contributed by atoms with Crippen molar-refractivity contribution in [1.29, 1.82) is 0 Å². The minimum atomic E-state index is 0.623. The molecule has 2 atom stereocenters. The van der Waals surface area contributed by atoms with E-state index in [1.165, 1.54) is 154 Å². The third-order valence-electron chi connectivity index (χ3n) is 7.89. The van der Waals surface area contributed by atoms with Gasteiger partial charge in [0.05, 0.1) is 12.0 Å². The average molecular weight is 476 g/mol. The predicted molar refractivity (Wildman–Crippen MR) is 152 cm³/mol. The number of aromatic nitrogens is 2. The summed E-state index contributed by atoms with van der Waals surface area (Å²) in [7, 11) is 0. The van der Waals surface area contributed by atoms with Crippen molar-refractivity contribution in [2.45, 2.75) is 187 Å². The molecular formula is C32H63N2+. The summed E-state index contributed by atoms with van der Waals surface area (Å²) in [5.74, 6) is 2.24. The summed E-state index contributed by atoms with van der Waals surface area (Å²) in [4.78, 5) is 3.69. The van der Waals surface area contributed by atoms with Crippen molar-refractivity contribution in [3.8, 4) is 0 Å². The molecule has 34 heavy (non-hydrogen) atoms. The molecule has 1 rings (SSSR count). The molecule has 2 unspecified atom stereocenters. The molecule has 0 fully saturated rings. The van der Waals surface area contributed by atoms with Crippen LogP contribution in [0.1, 0.15) is 193 Å². The van der Waals surface area contributed by atoms with Gasteiger partial charge in [-0.25, -0.2) is 9.55 Å². The average Bonchev–Trinajstić information content (AvgIpc) is 3.33. The normalized spacial score (nSPS) is 13.4. The Morgan fingerprint density at radius 3 is 1.41 bits per heavy atom. The third kappa shape index (κ3) is 15.3. The van der Waals surface area contributed by atoms with E-state index in [9.17, 15) is 0 Å². The maximum Gasteiger partial charge on any atom is 0.257 e. The molecule has 0 aliphatic rings. The van der Waals surface area contributed by atoms with E-state index in [0.29, 0.717) is 12.0 Å². The van der Waals surface area contributed by atoms with Crippen LogP contribution < -0.4 is 4.57 Å². The van der Waals surface area contributed by atoms with Crippen LogP contribution in [0.15, 0.2) is 12.4 Å². The lowest BCUT2D eigenvalue weighted by Gasteiger charge is -2.17. The minimum absolute atomic E-state index is 0.623. The summed E-state index contributed by atoms with van der Waals surface area (Å²) in [6.07, 6.45) is 36.8. The molecule has 0 aromatic carbocycles. The monoisotopic (exact) mass is 475 g/mol. The molecule has 0 saturated heterocycles. The van der Waals surface area contributed by atoms with Crippen LogP contribution in [0.4, 0.5) is 0 Å². The first kappa shape index (κ1) is 31.2. The largest absolute Gasteiger partial charge is 0.257 e. The second-order valence-electron chi connectivity index (χ2n) is 11.2.